The molecule has 0 atom stereocenters. The van der Waals surface area contributed by atoms with Crippen LogP contribution in [0.5, 0.6) is 5.75 Å². The standard InChI is InChI=1S/C20H18ClN3O4/c1-13-15-5-2-6-16(21)18(15)28-17(13)19(25)23-8-10-24(11-9-23)20(26)27-14-4-3-7-22-12-14/h2-7,12H,8-11H2,1H3. The van der Waals surface area contributed by atoms with Crippen LogP contribution in [-0.4, -0.2) is 53.0 Å². The van der Waals surface area contributed by atoms with Crippen molar-refractivity contribution in [1.29, 1.82) is 0 Å². The first-order chi connectivity index (χ1) is 13.5. The first-order valence-corrected chi connectivity index (χ1v) is 9.26. The number of hydrogen-bond acceptors (Lipinski definition) is 5. The molecule has 4 rings (SSSR count). The topological polar surface area (TPSA) is 75.9 Å². The summed E-state index contributed by atoms with van der Waals surface area (Å²) in [6.45, 7) is 3.39. The second kappa shape index (κ2) is 7.52. The van der Waals surface area contributed by atoms with Gasteiger partial charge in [-0.05, 0) is 25.1 Å². The number of pyridine rings is 1. The number of para-hydroxylation sites is 1. The Balaban J connectivity index is 1.42. The Kier molecular flexibility index (Phi) is 4.92. The van der Waals surface area contributed by atoms with Crippen LogP contribution >= 0.6 is 11.6 Å². The van der Waals surface area contributed by atoms with Gasteiger partial charge in [-0.3, -0.25) is 9.78 Å². The summed E-state index contributed by atoms with van der Waals surface area (Å²) in [7, 11) is 0. The van der Waals surface area contributed by atoms with Crippen LogP contribution < -0.4 is 4.74 Å². The molecule has 1 aromatic carbocycles. The van der Waals surface area contributed by atoms with Crippen LogP contribution in [0.25, 0.3) is 11.0 Å². The van der Waals surface area contributed by atoms with Crippen molar-refractivity contribution in [1.82, 2.24) is 14.8 Å². The summed E-state index contributed by atoms with van der Waals surface area (Å²) in [6.07, 6.45) is 2.63. The molecule has 7 nitrogen and oxygen atoms in total. The summed E-state index contributed by atoms with van der Waals surface area (Å²) in [5.41, 5.74) is 1.28. The number of ether oxygens (including phenoxy) is 1. The number of aromatic nitrogens is 1. The van der Waals surface area contributed by atoms with Crippen molar-refractivity contribution in [2.24, 2.45) is 0 Å². The summed E-state index contributed by atoms with van der Waals surface area (Å²) < 4.78 is 11.1. The number of amides is 2. The van der Waals surface area contributed by atoms with Crippen molar-refractivity contribution >= 4 is 34.6 Å². The fourth-order valence-corrected chi connectivity index (χ4v) is 3.43. The van der Waals surface area contributed by atoms with E-state index in [4.69, 9.17) is 20.8 Å². The predicted octanol–water partition coefficient (Wildman–Crippen LogP) is 3.75. The Bertz CT molecular complexity index is 1030. The SMILES string of the molecule is Cc1c(C(=O)N2CCN(C(=O)Oc3cccnc3)CC2)oc2c(Cl)cccc12. The summed E-state index contributed by atoms with van der Waals surface area (Å²) >= 11 is 6.17. The molecule has 3 aromatic rings. The molecule has 0 unspecified atom stereocenters. The van der Waals surface area contributed by atoms with Gasteiger partial charge in [-0.1, -0.05) is 23.7 Å². The zero-order valence-corrected chi connectivity index (χ0v) is 16.0. The molecule has 0 saturated carbocycles. The highest BCUT2D eigenvalue weighted by atomic mass is 35.5. The van der Waals surface area contributed by atoms with Crippen LogP contribution in [0, 0.1) is 6.92 Å². The average molecular weight is 400 g/mol. The van der Waals surface area contributed by atoms with E-state index >= 15 is 0 Å². The number of fused-ring (bicyclic) bond motifs is 1. The van der Waals surface area contributed by atoms with E-state index in [1.54, 1.807) is 34.2 Å². The molecule has 0 spiro atoms. The van der Waals surface area contributed by atoms with E-state index in [9.17, 15) is 9.59 Å². The fraction of sp³-hybridized carbons (Fsp3) is 0.250. The highest BCUT2D eigenvalue weighted by Crippen LogP contribution is 2.31. The maximum atomic E-state index is 12.9. The van der Waals surface area contributed by atoms with E-state index in [-0.39, 0.29) is 11.7 Å². The van der Waals surface area contributed by atoms with Crippen molar-refractivity contribution in [2.75, 3.05) is 26.2 Å². The Morgan fingerprint density at radius 3 is 2.54 bits per heavy atom. The Morgan fingerprint density at radius 1 is 1.11 bits per heavy atom. The number of carbonyl (C=O) groups excluding carboxylic acids is 2. The maximum absolute atomic E-state index is 12.9. The number of rotatable bonds is 2. The van der Waals surface area contributed by atoms with Crippen LogP contribution in [0.4, 0.5) is 4.79 Å². The molecule has 2 aromatic heterocycles. The van der Waals surface area contributed by atoms with E-state index < -0.39 is 6.09 Å². The minimum Gasteiger partial charge on any atom is -0.449 e. The molecule has 8 heteroatoms. The van der Waals surface area contributed by atoms with Gasteiger partial charge >= 0.3 is 6.09 Å². The number of carbonyl (C=O) groups is 2. The van der Waals surface area contributed by atoms with Crippen molar-refractivity contribution in [3.8, 4) is 5.75 Å². The van der Waals surface area contributed by atoms with Crippen LogP contribution in [0.1, 0.15) is 16.1 Å². The summed E-state index contributed by atoms with van der Waals surface area (Å²) in [4.78, 5) is 32.3. The third kappa shape index (κ3) is 3.41. The molecule has 0 bridgehead atoms. The lowest BCUT2D eigenvalue weighted by atomic mass is 10.1. The van der Waals surface area contributed by atoms with Gasteiger partial charge in [0.15, 0.2) is 17.1 Å². The predicted molar refractivity (Wildman–Crippen MR) is 104 cm³/mol. The zero-order chi connectivity index (χ0) is 19.7. The van der Waals surface area contributed by atoms with Gasteiger partial charge in [0, 0.05) is 43.3 Å². The van der Waals surface area contributed by atoms with Gasteiger partial charge < -0.3 is 19.0 Å². The highest BCUT2D eigenvalue weighted by molar-refractivity contribution is 6.35. The Morgan fingerprint density at radius 2 is 1.86 bits per heavy atom. The van der Waals surface area contributed by atoms with E-state index in [0.717, 1.165) is 10.9 Å². The number of benzene rings is 1. The largest absolute Gasteiger partial charge is 0.449 e. The normalized spacial score (nSPS) is 14.4. The van der Waals surface area contributed by atoms with Crippen molar-refractivity contribution in [3.63, 3.8) is 0 Å². The second-order valence-electron chi connectivity index (χ2n) is 6.51. The molecule has 1 aliphatic rings. The molecule has 0 radical (unpaired) electrons. The molecule has 2 amide bonds. The van der Waals surface area contributed by atoms with Crippen LogP contribution in [0.3, 0.4) is 0 Å². The summed E-state index contributed by atoms with van der Waals surface area (Å²) in [5, 5.41) is 1.30. The smallest absolute Gasteiger partial charge is 0.415 e. The fourth-order valence-electron chi connectivity index (χ4n) is 3.22. The maximum Gasteiger partial charge on any atom is 0.415 e. The van der Waals surface area contributed by atoms with Gasteiger partial charge in [0.1, 0.15) is 0 Å². The zero-order valence-electron chi connectivity index (χ0n) is 15.2. The Labute approximate surface area is 166 Å². The van der Waals surface area contributed by atoms with E-state index in [0.29, 0.717) is 42.5 Å². The lowest BCUT2D eigenvalue weighted by Gasteiger charge is -2.33. The van der Waals surface area contributed by atoms with E-state index in [1.165, 1.54) is 6.20 Å². The molecule has 144 valence electrons. The second-order valence-corrected chi connectivity index (χ2v) is 6.92. The van der Waals surface area contributed by atoms with E-state index in [2.05, 4.69) is 4.98 Å². The number of furan rings is 1. The monoisotopic (exact) mass is 399 g/mol. The lowest BCUT2D eigenvalue weighted by Crippen LogP contribution is -2.51. The summed E-state index contributed by atoms with van der Waals surface area (Å²) in [5.74, 6) is 0.473. The molecule has 1 aliphatic heterocycles. The quantitative estimate of drug-likeness (QED) is 0.656. The first kappa shape index (κ1) is 18.3. The molecular formula is C20H18ClN3O4. The third-order valence-corrected chi connectivity index (χ3v) is 5.07. The molecule has 1 saturated heterocycles. The van der Waals surface area contributed by atoms with Crippen LogP contribution in [0.15, 0.2) is 47.1 Å². The summed E-state index contributed by atoms with van der Waals surface area (Å²) in [6, 6.07) is 8.80. The number of piperazine rings is 1. The molecule has 28 heavy (non-hydrogen) atoms. The molecule has 3 heterocycles. The minimum absolute atomic E-state index is 0.204. The van der Waals surface area contributed by atoms with Gasteiger partial charge in [0.05, 0.1) is 11.2 Å². The average Bonchev–Trinajstić information content (AvgIpc) is 3.06. The van der Waals surface area contributed by atoms with Gasteiger partial charge in [-0.15, -0.1) is 0 Å². The molecular weight excluding hydrogens is 382 g/mol. The number of nitrogens with zero attached hydrogens (tertiary/aromatic N) is 3. The van der Waals surface area contributed by atoms with Crippen LogP contribution in [0.2, 0.25) is 5.02 Å². The van der Waals surface area contributed by atoms with E-state index in [1.807, 2.05) is 19.1 Å². The lowest BCUT2D eigenvalue weighted by molar-refractivity contribution is 0.0605. The van der Waals surface area contributed by atoms with Gasteiger partial charge in [-0.2, -0.15) is 0 Å². The number of hydrogen-bond donors (Lipinski definition) is 0. The van der Waals surface area contributed by atoms with Crippen molar-refractivity contribution in [3.05, 3.63) is 59.1 Å². The molecule has 0 aliphatic carbocycles. The highest BCUT2D eigenvalue weighted by Gasteiger charge is 2.29. The molecule has 1 fully saturated rings. The van der Waals surface area contributed by atoms with Gasteiger partial charge in [-0.25, -0.2) is 4.79 Å². The van der Waals surface area contributed by atoms with Crippen molar-refractivity contribution in [2.45, 2.75) is 6.92 Å². The van der Waals surface area contributed by atoms with Gasteiger partial charge in [0.25, 0.3) is 5.91 Å². The third-order valence-electron chi connectivity index (χ3n) is 4.77. The number of aryl methyl sites for hydroxylation is 1. The first-order valence-electron chi connectivity index (χ1n) is 8.88. The number of halogens is 1. The van der Waals surface area contributed by atoms with Crippen molar-refractivity contribution < 1.29 is 18.7 Å². The molecule has 0 N–H and O–H groups in total. The minimum atomic E-state index is -0.452. The van der Waals surface area contributed by atoms with Gasteiger partial charge in [0.2, 0.25) is 0 Å². The van der Waals surface area contributed by atoms with Crippen LogP contribution in [-0.2, 0) is 0 Å². The Hall–Kier alpha value is -3.06.